The third-order valence-electron chi connectivity index (χ3n) is 5.27. The minimum Gasteiger partial charge on any atom is -0.368 e. The van der Waals surface area contributed by atoms with E-state index in [0.717, 1.165) is 43.5 Å². The number of nitrogens with one attached hydrogen (secondary N) is 2. The van der Waals surface area contributed by atoms with Crippen molar-refractivity contribution in [2.45, 2.75) is 6.42 Å². The Morgan fingerprint density at radius 1 is 1.04 bits per heavy atom. The van der Waals surface area contributed by atoms with Crippen molar-refractivity contribution in [3.8, 4) is 0 Å². The van der Waals surface area contributed by atoms with Crippen molar-refractivity contribution in [1.29, 1.82) is 0 Å². The summed E-state index contributed by atoms with van der Waals surface area (Å²) in [4.78, 5) is 20.6. The predicted octanol–water partition coefficient (Wildman–Crippen LogP) is 2.89. The number of fused-ring (bicyclic) bond motifs is 1. The van der Waals surface area contributed by atoms with E-state index in [-0.39, 0.29) is 5.91 Å². The quantitative estimate of drug-likeness (QED) is 0.734. The van der Waals surface area contributed by atoms with Crippen LogP contribution in [0.2, 0.25) is 0 Å². The van der Waals surface area contributed by atoms with Crippen molar-refractivity contribution < 1.29 is 4.79 Å². The first-order valence-electron chi connectivity index (χ1n) is 9.58. The Bertz CT molecular complexity index is 910. The molecule has 2 N–H and O–H groups in total. The molecule has 5 nitrogen and oxygen atoms in total. The zero-order valence-corrected chi connectivity index (χ0v) is 15.7. The Labute approximate surface area is 160 Å². The summed E-state index contributed by atoms with van der Waals surface area (Å²) in [5.41, 5.74) is 4.08. The Hall–Kier alpha value is -2.79. The van der Waals surface area contributed by atoms with Gasteiger partial charge in [-0.15, -0.1) is 0 Å². The Morgan fingerprint density at radius 3 is 2.59 bits per heavy atom. The summed E-state index contributed by atoms with van der Waals surface area (Å²) < 4.78 is 0. The molecule has 1 aliphatic heterocycles. The SMILES string of the molecule is CN1CCN(c2cccc3[nH]c(C(=O)NCCc4ccccc4)cc23)CC1. The van der Waals surface area contributed by atoms with Crippen LogP contribution in [0.1, 0.15) is 16.1 Å². The molecule has 1 amide bonds. The number of nitrogens with zero attached hydrogens (tertiary/aromatic N) is 2. The lowest BCUT2D eigenvalue weighted by Gasteiger charge is -2.34. The topological polar surface area (TPSA) is 51.4 Å². The molecule has 2 aromatic carbocycles. The number of benzene rings is 2. The molecule has 5 heteroatoms. The van der Waals surface area contributed by atoms with Crippen LogP contribution in [0.15, 0.2) is 54.6 Å². The van der Waals surface area contributed by atoms with Gasteiger partial charge in [-0.1, -0.05) is 36.4 Å². The lowest BCUT2D eigenvalue weighted by atomic mass is 10.1. The summed E-state index contributed by atoms with van der Waals surface area (Å²) in [5.74, 6) is -0.0496. The highest BCUT2D eigenvalue weighted by Gasteiger charge is 2.18. The first-order chi connectivity index (χ1) is 13.2. The van der Waals surface area contributed by atoms with Crippen LogP contribution >= 0.6 is 0 Å². The molecule has 1 aromatic heterocycles. The average molecular weight is 362 g/mol. The molecule has 3 aromatic rings. The molecule has 2 heterocycles. The van der Waals surface area contributed by atoms with Crippen molar-refractivity contribution in [1.82, 2.24) is 15.2 Å². The minimum absolute atomic E-state index is 0.0496. The van der Waals surface area contributed by atoms with Gasteiger partial charge in [0.2, 0.25) is 0 Å². The van der Waals surface area contributed by atoms with Gasteiger partial charge in [0.25, 0.3) is 5.91 Å². The van der Waals surface area contributed by atoms with Gasteiger partial charge in [-0.2, -0.15) is 0 Å². The van der Waals surface area contributed by atoms with Crippen molar-refractivity contribution in [2.75, 3.05) is 44.7 Å². The molecule has 140 valence electrons. The highest BCUT2D eigenvalue weighted by atomic mass is 16.1. The molecule has 1 fully saturated rings. The van der Waals surface area contributed by atoms with Crippen LogP contribution in [0.5, 0.6) is 0 Å². The molecule has 1 saturated heterocycles. The van der Waals surface area contributed by atoms with Crippen LogP contribution in [0, 0.1) is 0 Å². The number of hydrogen-bond donors (Lipinski definition) is 2. The smallest absolute Gasteiger partial charge is 0.267 e. The molecule has 0 atom stereocenters. The van der Waals surface area contributed by atoms with Crippen LogP contribution in [0.3, 0.4) is 0 Å². The van der Waals surface area contributed by atoms with Gasteiger partial charge in [0, 0.05) is 49.3 Å². The maximum absolute atomic E-state index is 12.6. The number of amides is 1. The normalized spacial score (nSPS) is 15.2. The van der Waals surface area contributed by atoms with Gasteiger partial charge >= 0.3 is 0 Å². The zero-order chi connectivity index (χ0) is 18.6. The summed E-state index contributed by atoms with van der Waals surface area (Å²) in [6.07, 6.45) is 0.833. The summed E-state index contributed by atoms with van der Waals surface area (Å²) in [6, 6.07) is 18.4. The maximum Gasteiger partial charge on any atom is 0.267 e. The van der Waals surface area contributed by atoms with Crippen molar-refractivity contribution >= 4 is 22.5 Å². The number of piperazine rings is 1. The number of H-pyrrole nitrogens is 1. The molecule has 0 unspecified atom stereocenters. The number of aromatic amines is 1. The van der Waals surface area contributed by atoms with Gasteiger partial charge in [-0.05, 0) is 37.2 Å². The van der Waals surface area contributed by atoms with Crippen LogP contribution < -0.4 is 10.2 Å². The Morgan fingerprint density at radius 2 is 1.81 bits per heavy atom. The van der Waals surface area contributed by atoms with E-state index in [1.807, 2.05) is 30.3 Å². The van der Waals surface area contributed by atoms with Crippen molar-refractivity contribution in [2.24, 2.45) is 0 Å². The number of rotatable bonds is 5. The Balaban J connectivity index is 1.46. The fourth-order valence-corrected chi connectivity index (χ4v) is 3.64. The van der Waals surface area contributed by atoms with Gasteiger partial charge in [-0.25, -0.2) is 0 Å². The van der Waals surface area contributed by atoms with Gasteiger partial charge in [0.05, 0.1) is 0 Å². The average Bonchev–Trinajstić information content (AvgIpc) is 3.14. The fraction of sp³-hybridized carbons (Fsp3) is 0.318. The summed E-state index contributed by atoms with van der Waals surface area (Å²) in [5, 5.41) is 4.14. The van der Waals surface area contributed by atoms with Crippen LogP contribution in [0.25, 0.3) is 10.9 Å². The molecular formula is C22H26N4O. The highest BCUT2D eigenvalue weighted by molar-refractivity contribution is 6.02. The first kappa shape index (κ1) is 17.6. The molecular weight excluding hydrogens is 336 g/mol. The largest absolute Gasteiger partial charge is 0.368 e. The van der Waals surface area contributed by atoms with Crippen LogP contribution in [-0.4, -0.2) is 55.6 Å². The van der Waals surface area contributed by atoms with Gasteiger partial charge < -0.3 is 20.1 Å². The third-order valence-corrected chi connectivity index (χ3v) is 5.27. The summed E-state index contributed by atoms with van der Waals surface area (Å²) >= 11 is 0. The number of carbonyl (C=O) groups is 1. The van der Waals surface area contributed by atoms with Gasteiger partial charge in [-0.3, -0.25) is 4.79 Å². The second kappa shape index (κ2) is 7.84. The van der Waals surface area contributed by atoms with Crippen LogP contribution in [-0.2, 0) is 6.42 Å². The second-order valence-electron chi connectivity index (χ2n) is 7.20. The van der Waals surface area contributed by atoms with Crippen molar-refractivity contribution in [3.63, 3.8) is 0 Å². The molecule has 27 heavy (non-hydrogen) atoms. The molecule has 0 spiro atoms. The van der Waals surface area contributed by atoms with E-state index in [2.05, 4.69) is 51.4 Å². The number of likely N-dealkylation sites (N-methyl/N-ethyl adjacent to an activating group) is 1. The van der Waals surface area contributed by atoms with E-state index in [4.69, 9.17) is 0 Å². The van der Waals surface area contributed by atoms with Crippen molar-refractivity contribution in [3.05, 3.63) is 65.9 Å². The van der Waals surface area contributed by atoms with E-state index in [1.165, 1.54) is 11.3 Å². The third kappa shape index (κ3) is 3.98. The number of anilines is 1. The van der Waals surface area contributed by atoms with E-state index >= 15 is 0 Å². The fourth-order valence-electron chi connectivity index (χ4n) is 3.64. The lowest BCUT2D eigenvalue weighted by molar-refractivity contribution is 0.0950. The second-order valence-corrected chi connectivity index (χ2v) is 7.20. The number of hydrogen-bond acceptors (Lipinski definition) is 3. The predicted molar refractivity (Wildman–Crippen MR) is 110 cm³/mol. The first-order valence-corrected chi connectivity index (χ1v) is 9.58. The lowest BCUT2D eigenvalue weighted by Crippen LogP contribution is -2.44. The number of carbonyl (C=O) groups excluding carboxylic acids is 1. The van der Waals surface area contributed by atoms with Gasteiger partial charge in [0.1, 0.15) is 5.69 Å². The number of aromatic nitrogens is 1. The van der Waals surface area contributed by atoms with E-state index in [0.29, 0.717) is 12.2 Å². The minimum atomic E-state index is -0.0496. The molecule has 1 aliphatic rings. The molecule has 0 aliphatic carbocycles. The van der Waals surface area contributed by atoms with E-state index < -0.39 is 0 Å². The highest BCUT2D eigenvalue weighted by Crippen LogP contribution is 2.28. The Kier molecular flexibility index (Phi) is 5.12. The summed E-state index contributed by atoms with van der Waals surface area (Å²) in [7, 11) is 2.16. The van der Waals surface area contributed by atoms with E-state index in [1.54, 1.807) is 0 Å². The summed E-state index contributed by atoms with van der Waals surface area (Å²) in [6.45, 7) is 4.78. The maximum atomic E-state index is 12.6. The van der Waals surface area contributed by atoms with E-state index in [9.17, 15) is 4.79 Å². The standard InChI is InChI=1S/C22H26N4O/c1-25-12-14-26(15-13-25)21-9-5-8-19-18(21)16-20(24-19)22(27)23-11-10-17-6-3-2-4-7-17/h2-9,16,24H,10-15H2,1H3,(H,23,27). The monoisotopic (exact) mass is 362 g/mol. The molecule has 4 rings (SSSR count). The van der Waals surface area contributed by atoms with Gasteiger partial charge in [0.15, 0.2) is 0 Å². The molecule has 0 radical (unpaired) electrons. The van der Waals surface area contributed by atoms with Crippen LogP contribution in [0.4, 0.5) is 5.69 Å². The zero-order valence-electron chi connectivity index (χ0n) is 15.7. The molecule has 0 bridgehead atoms. The molecule has 0 saturated carbocycles.